The lowest BCUT2D eigenvalue weighted by atomic mass is 9.73. The fraction of sp³-hybridized carbons (Fsp3) is 0.519. The number of halogens is 1. The second-order valence-electron chi connectivity index (χ2n) is 9.88. The van der Waals surface area contributed by atoms with Gasteiger partial charge in [0.05, 0.1) is 11.9 Å². The van der Waals surface area contributed by atoms with Crippen LogP contribution in [0, 0.1) is 11.8 Å². The molecule has 1 saturated carbocycles. The molecule has 0 saturated heterocycles. The predicted octanol–water partition coefficient (Wildman–Crippen LogP) is 4.77. The summed E-state index contributed by atoms with van der Waals surface area (Å²) in [4.78, 5) is 15.3. The van der Waals surface area contributed by atoms with Crippen LogP contribution >= 0.6 is 11.6 Å². The number of nitrogens with zero attached hydrogens (tertiary/aromatic N) is 2. The first-order valence-electron chi connectivity index (χ1n) is 12.4. The topological polar surface area (TPSA) is 76.2 Å². The van der Waals surface area contributed by atoms with E-state index in [2.05, 4.69) is 4.90 Å². The Morgan fingerprint density at radius 2 is 1.92 bits per heavy atom. The Labute approximate surface area is 219 Å². The zero-order valence-electron chi connectivity index (χ0n) is 21.2. The van der Waals surface area contributed by atoms with E-state index in [-0.39, 0.29) is 0 Å². The van der Waals surface area contributed by atoms with Crippen LogP contribution in [0.15, 0.2) is 36.4 Å². The highest BCUT2D eigenvalue weighted by Gasteiger charge is 2.33. The number of amides is 1. The molecule has 9 heteroatoms. The number of sulfonamides is 1. The average molecular weight is 535 g/mol. The quantitative estimate of drug-likeness (QED) is 0.531. The molecule has 0 radical (unpaired) electrons. The number of carbonyl (C=O) groups is 1. The minimum absolute atomic E-state index is 0.319. The Morgan fingerprint density at radius 1 is 1.14 bits per heavy atom. The van der Waals surface area contributed by atoms with Crippen LogP contribution in [0.5, 0.6) is 5.75 Å². The number of ether oxygens (including phenoxy) is 2. The number of benzene rings is 2. The van der Waals surface area contributed by atoms with E-state index in [0.29, 0.717) is 29.8 Å². The van der Waals surface area contributed by atoms with E-state index in [4.69, 9.17) is 21.1 Å². The van der Waals surface area contributed by atoms with Crippen molar-refractivity contribution in [1.82, 2.24) is 4.31 Å². The summed E-state index contributed by atoms with van der Waals surface area (Å²) in [6.07, 6.45) is 6.21. The largest absolute Gasteiger partial charge is 0.487 e. The first-order chi connectivity index (χ1) is 17.2. The summed E-state index contributed by atoms with van der Waals surface area (Å²) in [5.74, 6) is 1.14. The van der Waals surface area contributed by atoms with Crippen LogP contribution in [0.2, 0.25) is 5.02 Å². The van der Waals surface area contributed by atoms with Gasteiger partial charge in [-0.15, -0.1) is 0 Å². The van der Waals surface area contributed by atoms with Gasteiger partial charge in [-0.05, 0) is 85.4 Å². The van der Waals surface area contributed by atoms with Crippen molar-refractivity contribution in [3.05, 3.63) is 58.1 Å². The lowest BCUT2D eigenvalue weighted by molar-refractivity contribution is 0.0628. The Hall–Kier alpha value is -2.29. The third-order valence-electron chi connectivity index (χ3n) is 7.42. The van der Waals surface area contributed by atoms with Crippen molar-refractivity contribution >= 4 is 33.2 Å². The Balaban J connectivity index is 1.69. The van der Waals surface area contributed by atoms with E-state index in [1.54, 1.807) is 25.3 Å². The molecule has 1 fully saturated rings. The fourth-order valence-electron chi connectivity index (χ4n) is 5.00. The zero-order chi connectivity index (χ0) is 25.9. The average Bonchev–Trinajstić information content (AvgIpc) is 2.86. The summed E-state index contributed by atoms with van der Waals surface area (Å²) < 4.78 is 36.5. The molecule has 2 aromatic rings. The molecule has 0 aromatic heterocycles. The third-order valence-corrected chi connectivity index (χ3v) is 8.81. The van der Waals surface area contributed by atoms with Crippen LogP contribution in [0.4, 0.5) is 5.69 Å². The number of fused-ring (bicyclic) bond motifs is 2. The van der Waals surface area contributed by atoms with E-state index in [0.717, 1.165) is 78.6 Å². The van der Waals surface area contributed by atoms with Crippen molar-refractivity contribution < 1.29 is 22.7 Å². The molecular weight excluding hydrogens is 500 g/mol. The number of aryl methyl sites for hydroxylation is 1. The van der Waals surface area contributed by atoms with Gasteiger partial charge in [-0.2, -0.15) is 0 Å². The zero-order valence-corrected chi connectivity index (χ0v) is 22.8. The van der Waals surface area contributed by atoms with E-state index in [9.17, 15) is 13.2 Å². The summed E-state index contributed by atoms with van der Waals surface area (Å²) in [6.45, 7) is 2.78. The highest BCUT2D eigenvalue weighted by molar-refractivity contribution is 7.88. The molecule has 4 rings (SSSR count). The van der Waals surface area contributed by atoms with E-state index < -0.39 is 15.9 Å². The maximum Gasteiger partial charge on any atom is 0.267 e. The van der Waals surface area contributed by atoms with Crippen molar-refractivity contribution in [2.75, 3.05) is 45.0 Å². The molecule has 2 aliphatic rings. The van der Waals surface area contributed by atoms with Crippen LogP contribution in [0.1, 0.15) is 47.2 Å². The van der Waals surface area contributed by atoms with Crippen LogP contribution in [0.3, 0.4) is 0 Å². The van der Waals surface area contributed by atoms with Crippen LogP contribution in [-0.4, -0.2) is 58.7 Å². The van der Waals surface area contributed by atoms with Gasteiger partial charge in [0.2, 0.25) is 10.0 Å². The molecular formula is C27H35ClN2O5S. The minimum atomic E-state index is -3.66. The van der Waals surface area contributed by atoms with Crippen molar-refractivity contribution in [3.8, 4) is 5.75 Å². The highest BCUT2D eigenvalue weighted by Crippen LogP contribution is 2.39. The first kappa shape index (κ1) is 26.8. The monoisotopic (exact) mass is 534 g/mol. The second-order valence-corrected chi connectivity index (χ2v) is 12.3. The molecule has 2 atom stereocenters. The van der Waals surface area contributed by atoms with Crippen LogP contribution in [0.25, 0.3) is 0 Å². The predicted molar refractivity (Wildman–Crippen MR) is 142 cm³/mol. The fourth-order valence-corrected chi connectivity index (χ4v) is 5.60. The number of methoxy groups -OCH3 is 1. The van der Waals surface area contributed by atoms with Crippen molar-refractivity contribution in [2.45, 2.75) is 38.7 Å². The third kappa shape index (κ3) is 6.15. The van der Waals surface area contributed by atoms with Gasteiger partial charge in [-0.3, -0.25) is 4.79 Å². The molecule has 0 unspecified atom stereocenters. The standard InChI is InChI=1S/C27H35ClN2O5S/c1-29(36(3,32)33)27(31)20-10-12-26-25(15-20)30(16-21-7-8-22(21)17-34-2)13-5-4-6-19-14-24(28)11-9-23(19)18-35-26/h9-12,14-15,21-22H,4-8,13,16-18H2,1-3H3/t21-,22-/m0/s1. The summed E-state index contributed by atoms with van der Waals surface area (Å²) >= 11 is 6.27. The molecule has 7 nitrogen and oxygen atoms in total. The van der Waals surface area contributed by atoms with Crippen molar-refractivity contribution in [2.24, 2.45) is 11.8 Å². The molecule has 1 amide bonds. The number of hydrogen-bond acceptors (Lipinski definition) is 6. The molecule has 36 heavy (non-hydrogen) atoms. The van der Waals surface area contributed by atoms with Crippen molar-refractivity contribution in [3.63, 3.8) is 0 Å². The summed E-state index contributed by atoms with van der Waals surface area (Å²) in [6, 6.07) is 11.1. The van der Waals surface area contributed by atoms with Gasteiger partial charge in [-0.25, -0.2) is 12.7 Å². The van der Waals surface area contributed by atoms with Crippen LogP contribution < -0.4 is 9.64 Å². The van der Waals surface area contributed by atoms with E-state index >= 15 is 0 Å². The molecule has 0 spiro atoms. The van der Waals surface area contributed by atoms with Gasteiger partial charge < -0.3 is 14.4 Å². The second kappa shape index (κ2) is 11.4. The Kier molecular flexibility index (Phi) is 8.48. The highest BCUT2D eigenvalue weighted by atomic mass is 35.5. The summed E-state index contributed by atoms with van der Waals surface area (Å²) in [7, 11) is -0.636. The lowest BCUT2D eigenvalue weighted by Gasteiger charge is -2.40. The molecule has 0 bridgehead atoms. The van der Waals surface area contributed by atoms with E-state index in [1.807, 2.05) is 18.2 Å². The van der Waals surface area contributed by atoms with Gasteiger partial charge in [0, 0.05) is 44.4 Å². The SMILES string of the molecule is COC[C@@H]1CC[C@H]1CN1CCCCc2cc(Cl)ccc2COc2ccc(C(=O)N(C)S(C)(=O)=O)cc21. The Morgan fingerprint density at radius 3 is 2.61 bits per heavy atom. The van der Waals surface area contributed by atoms with Gasteiger partial charge >= 0.3 is 0 Å². The number of rotatable bonds is 6. The van der Waals surface area contributed by atoms with Gasteiger partial charge in [0.15, 0.2) is 0 Å². The van der Waals surface area contributed by atoms with Gasteiger partial charge in [0.25, 0.3) is 5.91 Å². The summed E-state index contributed by atoms with van der Waals surface area (Å²) in [5.41, 5.74) is 3.43. The molecule has 2 aromatic carbocycles. The lowest BCUT2D eigenvalue weighted by Crippen LogP contribution is -2.40. The maximum atomic E-state index is 13.0. The number of carbonyl (C=O) groups excluding carboxylic acids is 1. The molecule has 196 valence electrons. The van der Waals surface area contributed by atoms with Gasteiger partial charge in [0.1, 0.15) is 12.4 Å². The molecule has 1 aliphatic heterocycles. The molecule has 1 aliphatic carbocycles. The van der Waals surface area contributed by atoms with E-state index in [1.165, 1.54) is 12.6 Å². The number of anilines is 1. The van der Waals surface area contributed by atoms with Crippen LogP contribution in [-0.2, 0) is 27.8 Å². The van der Waals surface area contributed by atoms with Gasteiger partial charge in [-0.1, -0.05) is 17.7 Å². The van der Waals surface area contributed by atoms with Crippen molar-refractivity contribution in [1.29, 1.82) is 0 Å². The first-order valence-corrected chi connectivity index (χ1v) is 14.7. The normalized spacial score (nSPS) is 20.3. The molecule has 0 N–H and O–H groups in total. The Bertz CT molecular complexity index is 1200. The molecule has 1 heterocycles. The summed E-state index contributed by atoms with van der Waals surface area (Å²) in [5, 5.41) is 0.720. The maximum absolute atomic E-state index is 13.0. The number of hydrogen-bond donors (Lipinski definition) is 0. The minimum Gasteiger partial charge on any atom is -0.487 e. The smallest absolute Gasteiger partial charge is 0.267 e.